The number of benzene rings is 4. The van der Waals surface area contributed by atoms with Crippen molar-refractivity contribution < 1.29 is 36.9 Å². The summed E-state index contributed by atoms with van der Waals surface area (Å²) in [5.74, 6) is 1.94. The highest BCUT2D eigenvalue weighted by atomic mass is 35.5. The Morgan fingerprint density at radius 1 is 0.500 bits per heavy atom. The van der Waals surface area contributed by atoms with E-state index >= 15 is 0 Å². The third-order valence-electron chi connectivity index (χ3n) is 16.3. The van der Waals surface area contributed by atoms with E-state index in [9.17, 15) is 32.3 Å². The predicted molar refractivity (Wildman–Crippen MR) is 421 cm³/mol. The van der Waals surface area contributed by atoms with Crippen LogP contribution in [0.3, 0.4) is 0 Å². The van der Waals surface area contributed by atoms with Crippen LogP contribution in [0.25, 0.3) is 33.8 Å². The summed E-state index contributed by atoms with van der Waals surface area (Å²) in [5.41, 5.74) is 9.29. The van der Waals surface area contributed by atoms with Crippen LogP contribution in [0.1, 0.15) is 83.8 Å². The molecule has 6 N–H and O–H groups in total. The second kappa shape index (κ2) is 37.0. The van der Waals surface area contributed by atoms with E-state index in [0.29, 0.717) is 88.4 Å². The van der Waals surface area contributed by atoms with Crippen molar-refractivity contribution in [2.45, 2.75) is 47.7 Å². The van der Waals surface area contributed by atoms with Crippen LogP contribution in [0.4, 0.5) is 59.1 Å². The molecule has 0 spiro atoms. The summed E-state index contributed by atoms with van der Waals surface area (Å²) in [5, 5.41) is 23.5. The largest absolute Gasteiger partial charge is 0.433 e. The SMILES string of the molecule is CC(C)CNc1ccc(C(=O)Nc2ccc(Cl)c(-c3ccccn3)c2)cn1.CN1CCN(c2ccc(C(=O)Nc3ccc(Cl)c(-c4ccccn4)c3)cn2)CC1.Cc1cccc(-c2cc(NC(=O)c3c(C)noc3C)ccc2Cl)n1.Cc1nc(C(F)(F)F)ccc1C(=O)Nc1ccc(Cl)c(Nc2ccccn2)c1. The van der Waals surface area contributed by atoms with Crippen molar-refractivity contribution in [1.29, 1.82) is 0 Å². The molecule has 108 heavy (non-hydrogen) atoms. The molecule has 8 aromatic heterocycles. The number of hydrogen-bond donors (Lipinski definition) is 6. The Hall–Kier alpha value is -11.7. The van der Waals surface area contributed by atoms with Crippen molar-refractivity contribution in [3.8, 4) is 33.8 Å². The van der Waals surface area contributed by atoms with Crippen molar-refractivity contribution in [2.75, 3.05) is 76.6 Å². The molecule has 4 aromatic carbocycles. The molecule has 0 atom stereocenters. The average molecular weight is 1540 g/mol. The lowest BCUT2D eigenvalue weighted by molar-refractivity contribution is -0.141. The van der Waals surface area contributed by atoms with E-state index in [0.717, 1.165) is 96.0 Å². The first-order chi connectivity index (χ1) is 51.8. The van der Waals surface area contributed by atoms with E-state index in [1.807, 2.05) is 85.8 Å². The molecule has 0 unspecified atom stereocenters. The van der Waals surface area contributed by atoms with Gasteiger partial charge in [0.2, 0.25) is 0 Å². The van der Waals surface area contributed by atoms with E-state index in [1.165, 1.54) is 6.92 Å². The molecule has 12 aromatic rings. The first kappa shape index (κ1) is 78.9. The number of anilines is 8. The van der Waals surface area contributed by atoms with E-state index in [2.05, 4.69) is 103 Å². The molecular formula is C80H73Cl4F3N16O5. The smallest absolute Gasteiger partial charge is 0.370 e. The van der Waals surface area contributed by atoms with Crippen molar-refractivity contribution in [3.63, 3.8) is 0 Å². The fourth-order valence-corrected chi connectivity index (χ4v) is 11.5. The summed E-state index contributed by atoms with van der Waals surface area (Å²) in [6, 6.07) is 52.2. The lowest BCUT2D eigenvalue weighted by atomic mass is 10.1. The normalized spacial score (nSPS) is 11.9. The molecule has 28 heteroatoms. The molecule has 0 radical (unpaired) electrons. The molecular weight excluding hydrogens is 1460 g/mol. The van der Waals surface area contributed by atoms with Crippen molar-refractivity contribution >= 4 is 116 Å². The highest BCUT2D eigenvalue weighted by Gasteiger charge is 2.33. The van der Waals surface area contributed by atoms with Gasteiger partial charge in [-0.2, -0.15) is 13.2 Å². The van der Waals surface area contributed by atoms with Crippen LogP contribution >= 0.6 is 46.4 Å². The van der Waals surface area contributed by atoms with Gasteiger partial charge in [-0.25, -0.2) is 19.9 Å². The van der Waals surface area contributed by atoms with Gasteiger partial charge in [-0.3, -0.25) is 34.1 Å². The summed E-state index contributed by atoms with van der Waals surface area (Å²) < 4.78 is 43.2. The minimum atomic E-state index is -4.57. The van der Waals surface area contributed by atoms with E-state index < -0.39 is 17.8 Å². The number of carbonyl (C=O) groups excluding carboxylic acids is 4. The monoisotopic (exact) mass is 1530 g/mol. The fraction of sp³-hybridized carbons (Fsp3) is 0.175. The van der Waals surface area contributed by atoms with Crippen LogP contribution in [0.5, 0.6) is 0 Å². The van der Waals surface area contributed by atoms with Gasteiger partial charge in [-0.1, -0.05) is 89.7 Å². The van der Waals surface area contributed by atoms with Gasteiger partial charge in [0.05, 0.1) is 70.9 Å². The number of nitrogens with one attached hydrogen (secondary N) is 6. The molecule has 13 rings (SSSR count). The number of amides is 4. The Morgan fingerprint density at radius 2 is 1.02 bits per heavy atom. The molecule has 1 fully saturated rings. The predicted octanol–water partition coefficient (Wildman–Crippen LogP) is 18.9. The lowest BCUT2D eigenvalue weighted by Gasteiger charge is -2.33. The molecule has 552 valence electrons. The van der Waals surface area contributed by atoms with Gasteiger partial charge in [0.15, 0.2) is 0 Å². The number of halogens is 7. The number of pyridine rings is 7. The van der Waals surface area contributed by atoms with Gasteiger partial charge < -0.3 is 46.2 Å². The number of aryl methyl sites for hydroxylation is 4. The van der Waals surface area contributed by atoms with E-state index in [4.69, 9.17) is 50.9 Å². The minimum absolute atomic E-state index is 0.0203. The maximum Gasteiger partial charge on any atom is 0.433 e. The molecule has 0 bridgehead atoms. The number of nitrogens with zero attached hydrogens (tertiary/aromatic N) is 10. The summed E-state index contributed by atoms with van der Waals surface area (Å²) in [6.07, 6.45) is 3.65. The molecule has 4 amide bonds. The van der Waals surface area contributed by atoms with Gasteiger partial charge in [0, 0.05) is 109 Å². The van der Waals surface area contributed by atoms with Crippen LogP contribution in [0.15, 0.2) is 217 Å². The molecule has 9 heterocycles. The lowest BCUT2D eigenvalue weighted by Crippen LogP contribution is -2.44. The number of hydrogen-bond acceptors (Lipinski definition) is 17. The quantitative estimate of drug-likeness (QED) is 0.0495. The summed E-state index contributed by atoms with van der Waals surface area (Å²) in [6.45, 7) is 15.7. The number of piperazine rings is 1. The first-order valence-electron chi connectivity index (χ1n) is 33.8. The molecule has 1 saturated heterocycles. The third-order valence-corrected chi connectivity index (χ3v) is 17.6. The van der Waals surface area contributed by atoms with Crippen LogP contribution in [0.2, 0.25) is 20.1 Å². The summed E-state index contributed by atoms with van der Waals surface area (Å²) >= 11 is 25.1. The molecule has 1 aliphatic heterocycles. The zero-order valence-corrected chi connectivity index (χ0v) is 62.5. The fourth-order valence-electron chi connectivity index (χ4n) is 10.7. The van der Waals surface area contributed by atoms with Crippen molar-refractivity contribution in [1.82, 2.24) is 44.9 Å². The van der Waals surface area contributed by atoms with Gasteiger partial charge in [0.1, 0.15) is 34.5 Å². The van der Waals surface area contributed by atoms with Crippen molar-refractivity contribution in [3.05, 3.63) is 284 Å². The Morgan fingerprint density at radius 3 is 1.50 bits per heavy atom. The Kier molecular flexibility index (Phi) is 27.1. The zero-order valence-electron chi connectivity index (χ0n) is 59.5. The summed E-state index contributed by atoms with van der Waals surface area (Å²) in [4.78, 5) is 84.1. The van der Waals surface area contributed by atoms with Gasteiger partial charge >= 0.3 is 6.18 Å². The van der Waals surface area contributed by atoms with Crippen LogP contribution in [-0.4, -0.2) is 108 Å². The summed E-state index contributed by atoms with van der Waals surface area (Å²) in [7, 11) is 2.12. The molecule has 1 aliphatic rings. The van der Waals surface area contributed by atoms with Crippen molar-refractivity contribution in [2.24, 2.45) is 5.92 Å². The molecule has 0 aliphatic carbocycles. The molecule has 0 saturated carbocycles. The van der Waals surface area contributed by atoms with E-state index in [1.54, 1.807) is 136 Å². The number of carbonyl (C=O) groups is 4. The Balaban J connectivity index is 0.000000154. The second-order valence-corrected chi connectivity index (χ2v) is 26.6. The number of alkyl halides is 3. The highest BCUT2D eigenvalue weighted by Crippen LogP contribution is 2.35. The number of likely N-dealkylation sites (N-methyl/N-ethyl adjacent to an activating group) is 1. The first-order valence-corrected chi connectivity index (χ1v) is 35.3. The van der Waals surface area contributed by atoms with Gasteiger partial charge in [-0.05, 0) is 198 Å². The van der Waals surface area contributed by atoms with Gasteiger partial charge in [-0.15, -0.1) is 0 Å². The third kappa shape index (κ3) is 22.0. The topological polar surface area (TPSA) is 263 Å². The van der Waals surface area contributed by atoms with E-state index in [-0.39, 0.29) is 29.0 Å². The number of aromatic nitrogens is 8. The average Bonchev–Trinajstić information content (AvgIpc) is 0.949. The second-order valence-electron chi connectivity index (χ2n) is 25.0. The van der Waals surface area contributed by atoms with Crippen LogP contribution in [0, 0.1) is 33.6 Å². The Labute approximate surface area is 641 Å². The van der Waals surface area contributed by atoms with Crippen LogP contribution in [-0.2, 0) is 6.18 Å². The van der Waals surface area contributed by atoms with Gasteiger partial charge in [0.25, 0.3) is 23.6 Å². The standard InChI is InChI=1S/C22H22ClN5O.C21H21ClN4O.C19H14ClF3N4O.C18H16ClN3O2/c1-27-10-12-28(13-11-27)21-8-5-16(15-25-21)22(29)26-17-6-7-19(23)18(14-17)20-4-2-3-9-24-20;1-14(2)12-24-20-9-6-15(13-25-20)21(27)26-16-7-8-18(22)17(11-16)19-5-3-4-10-23-19;1-11-13(6-8-16(25-11)19(21,22)23)18(28)26-12-5-7-14(20)15(10-12)27-17-4-2-3-9-24-17;1-10-5-4-6-16(20-10)14-9-13(7-8-15(14)19)21-18(23)17-11(2)22-24-12(17)3/h2-9,14-15H,10-13H2,1H3,(H,26,29);3-11,13-14H,12H2,1-2H3,(H,24,25)(H,26,27);2-10H,1H3,(H,24,27)(H,26,28);4-9H,1-3H3,(H,21,23). The Bertz CT molecular complexity index is 5080. The maximum atomic E-state index is 12.7. The maximum absolute atomic E-state index is 12.7. The molecule has 21 nitrogen and oxygen atoms in total. The zero-order chi connectivity index (χ0) is 77.0. The van der Waals surface area contributed by atoms with Crippen LogP contribution < -0.4 is 36.8 Å². The highest BCUT2D eigenvalue weighted by molar-refractivity contribution is 6.35. The minimum Gasteiger partial charge on any atom is -0.370 e. The number of rotatable bonds is 17.